The number of anilines is 1. The first-order valence-electron chi connectivity index (χ1n) is 18.1. The first-order chi connectivity index (χ1) is 27.7. The molecule has 0 spiro atoms. The van der Waals surface area contributed by atoms with Crippen LogP contribution in [0.2, 0.25) is 0 Å². The van der Waals surface area contributed by atoms with E-state index in [1.54, 1.807) is 16.4 Å². The zero-order chi connectivity index (χ0) is 39.5. The van der Waals surface area contributed by atoms with Crippen molar-refractivity contribution in [3.63, 3.8) is 0 Å². The van der Waals surface area contributed by atoms with E-state index in [9.17, 15) is 24.3 Å². The predicted octanol–water partition coefficient (Wildman–Crippen LogP) is 5.54. The largest absolute Gasteiger partial charge is 0.477 e. The number of hydrogen-bond acceptors (Lipinski definition) is 10. The van der Waals surface area contributed by atoms with Crippen LogP contribution in [0.1, 0.15) is 34.4 Å². The lowest BCUT2D eigenvalue weighted by Crippen LogP contribution is -2.71. The fourth-order valence-electron chi connectivity index (χ4n) is 7.32. The van der Waals surface area contributed by atoms with Gasteiger partial charge in [-0.3, -0.25) is 19.3 Å². The number of carbonyl (C=O) groups is 4. The summed E-state index contributed by atoms with van der Waals surface area (Å²) in [6.07, 6.45) is 2.06. The van der Waals surface area contributed by atoms with Crippen molar-refractivity contribution >= 4 is 57.6 Å². The number of β-lactam (4-membered cyclic amide) rings is 1. The molecule has 286 valence electrons. The number of allylic oxidation sites excluding steroid dienone is 1. The van der Waals surface area contributed by atoms with E-state index in [1.807, 2.05) is 121 Å². The molecule has 4 N–H and O–H groups in total. The summed E-state index contributed by atoms with van der Waals surface area (Å²) in [5.41, 5.74) is 8.48. The van der Waals surface area contributed by atoms with Crippen molar-refractivity contribution in [2.45, 2.75) is 30.0 Å². The summed E-state index contributed by atoms with van der Waals surface area (Å²) in [6, 6.07) is 37.1. The minimum atomic E-state index is -1.31. The number of carbonyl (C=O) groups excluding carboxylic acids is 3. The van der Waals surface area contributed by atoms with E-state index in [1.165, 1.54) is 16.7 Å². The second kappa shape index (κ2) is 15.9. The summed E-state index contributed by atoms with van der Waals surface area (Å²) in [5, 5.41) is 18.7. The molecule has 3 aliphatic heterocycles. The summed E-state index contributed by atoms with van der Waals surface area (Å²) >= 11 is 2.41. The molecule has 0 bridgehead atoms. The standard InChI is InChI=1S/C43H36N6O6S2/c44-42-45-33(26-57-42)34(47-55-43(30-15-7-2-8-16-30,31-17-9-3-10-18-31)32-19-11-4-12-20-32)37(50)46-35-39(52)49-36(41(53)54)29(25-56-40(35)49)23-28-21-22-48(38(28)51)24-27-13-5-1-6-14-27/h1-20,23,26,35,40H,21-22,24-25H2,(H2,44,45)(H,46,50)(H,53,54)/b28-23+,47-34-/t35-,40-/m1/s1. The number of aromatic nitrogens is 1. The molecule has 0 radical (unpaired) electrons. The summed E-state index contributed by atoms with van der Waals surface area (Å²) in [6.45, 7) is 0.948. The highest BCUT2D eigenvalue weighted by molar-refractivity contribution is 8.00. The number of aliphatic carboxylic acids is 1. The number of benzene rings is 4. The molecular formula is C43H36N6O6S2. The Morgan fingerprint density at radius 1 is 0.912 bits per heavy atom. The predicted molar refractivity (Wildman–Crippen MR) is 218 cm³/mol. The Hall–Kier alpha value is -6.51. The summed E-state index contributed by atoms with van der Waals surface area (Å²) in [7, 11) is 0. The number of likely N-dealkylation sites (tertiary alicyclic amines) is 1. The highest BCUT2D eigenvalue weighted by Gasteiger charge is 2.54. The Labute approximate surface area is 336 Å². The van der Waals surface area contributed by atoms with E-state index in [0.29, 0.717) is 30.7 Å². The Balaban J connectivity index is 1.08. The Morgan fingerprint density at radius 3 is 2.04 bits per heavy atom. The molecule has 8 rings (SSSR count). The summed E-state index contributed by atoms with van der Waals surface area (Å²) in [5.74, 6) is -2.63. The smallest absolute Gasteiger partial charge is 0.352 e. The van der Waals surface area contributed by atoms with Gasteiger partial charge in [0.15, 0.2) is 10.8 Å². The molecule has 0 unspecified atom stereocenters. The van der Waals surface area contributed by atoms with Crippen molar-refractivity contribution in [2.75, 3.05) is 18.0 Å². The molecule has 3 aliphatic rings. The van der Waals surface area contributed by atoms with Gasteiger partial charge >= 0.3 is 5.97 Å². The molecule has 1 aromatic heterocycles. The van der Waals surface area contributed by atoms with Crippen LogP contribution in [0.3, 0.4) is 0 Å². The van der Waals surface area contributed by atoms with Gasteiger partial charge in [-0.1, -0.05) is 126 Å². The number of oxime groups is 1. The molecule has 12 nitrogen and oxygen atoms in total. The zero-order valence-electron chi connectivity index (χ0n) is 30.4. The van der Waals surface area contributed by atoms with Gasteiger partial charge in [-0.25, -0.2) is 9.78 Å². The van der Waals surface area contributed by atoms with E-state index < -0.39 is 34.8 Å². The van der Waals surface area contributed by atoms with Crippen LogP contribution in [0, 0.1) is 0 Å². The van der Waals surface area contributed by atoms with Gasteiger partial charge in [-0.05, 0) is 23.6 Å². The van der Waals surface area contributed by atoms with Crippen LogP contribution in [0.4, 0.5) is 5.13 Å². The molecule has 5 aromatic rings. The maximum absolute atomic E-state index is 14.3. The van der Waals surface area contributed by atoms with Gasteiger partial charge in [-0.15, -0.1) is 23.1 Å². The molecule has 3 amide bonds. The average Bonchev–Trinajstić information content (AvgIpc) is 3.83. The fourth-order valence-corrected chi connectivity index (χ4v) is 9.17. The van der Waals surface area contributed by atoms with Crippen molar-refractivity contribution in [1.82, 2.24) is 20.1 Å². The number of hydrogen-bond donors (Lipinski definition) is 3. The van der Waals surface area contributed by atoms with E-state index in [2.05, 4.69) is 15.5 Å². The van der Waals surface area contributed by atoms with E-state index in [4.69, 9.17) is 10.6 Å². The second-order valence-electron chi connectivity index (χ2n) is 13.6. The summed E-state index contributed by atoms with van der Waals surface area (Å²) in [4.78, 5) is 67.9. The lowest BCUT2D eigenvalue weighted by molar-refractivity contribution is -0.150. The second-order valence-corrected chi connectivity index (χ2v) is 15.5. The van der Waals surface area contributed by atoms with Crippen LogP contribution in [-0.4, -0.2) is 73.0 Å². The third-order valence-electron chi connectivity index (χ3n) is 10.1. The lowest BCUT2D eigenvalue weighted by Gasteiger charge is -2.49. The molecule has 0 aliphatic carbocycles. The number of rotatable bonds is 12. The van der Waals surface area contributed by atoms with Crippen LogP contribution in [-0.2, 0) is 36.2 Å². The number of thiazole rings is 1. The molecule has 4 heterocycles. The van der Waals surface area contributed by atoms with Crippen molar-refractivity contribution in [2.24, 2.45) is 5.16 Å². The number of nitrogens with one attached hydrogen (secondary N) is 1. The number of fused-ring (bicyclic) bond motifs is 1. The Bertz CT molecular complexity index is 2320. The molecule has 2 fully saturated rings. The first-order valence-corrected chi connectivity index (χ1v) is 20.1. The molecule has 2 saturated heterocycles. The highest BCUT2D eigenvalue weighted by Crippen LogP contribution is 2.43. The summed E-state index contributed by atoms with van der Waals surface area (Å²) < 4.78 is 0. The zero-order valence-corrected chi connectivity index (χ0v) is 32.0. The van der Waals surface area contributed by atoms with Crippen LogP contribution >= 0.6 is 23.1 Å². The SMILES string of the molecule is Nc1nc(/C(=N/OC(c2ccccc2)(c2ccccc2)c2ccccc2)C(=O)N[C@@H]2C(=O)N3C(C(=O)O)=C(/C=C4\CCN(Cc5ccccc5)C4=O)CS[C@H]23)cs1. The van der Waals surface area contributed by atoms with Gasteiger partial charge in [-0.2, -0.15) is 0 Å². The number of amides is 3. The van der Waals surface area contributed by atoms with Crippen LogP contribution in [0.25, 0.3) is 0 Å². The number of thioether (sulfide) groups is 1. The van der Waals surface area contributed by atoms with Crippen molar-refractivity contribution in [3.05, 3.63) is 178 Å². The van der Waals surface area contributed by atoms with Gasteiger partial charge in [0.1, 0.15) is 22.8 Å². The number of nitrogen functional groups attached to an aromatic ring is 1. The van der Waals surface area contributed by atoms with Gasteiger partial charge in [0.25, 0.3) is 11.8 Å². The molecule has 2 atom stereocenters. The van der Waals surface area contributed by atoms with Crippen molar-refractivity contribution in [1.29, 1.82) is 0 Å². The molecule has 0 saturated carbocycles. The van der Waals surface area contributed by atoms with E-state index in [-0.39, 0.29) is 33.9 Å². The van der Waals surface area contributed by atoms with Gasteiger partial charge in [0.05, 0.1) is 0 Å². The fraction of sp³-hybridized carbons (Fsp3) is 0.163. The molecule has 4 aromatic carbocycles. The highest BCUT2D eigenvalue weighted by atomic mass is 32.2. The first kappa shape index (κ1) is 37.4. The third-order valence-corrected chi connectivity index (χ3v) is 12.0. The maximum Gasteiger partial charge on any atom is 0.352 e. The molecule has 57 heavy (non-hydrogen) atoms. The Kier molecular flexibility index (Phi) is 10.5. The molecule has 14 heteroatoms. The third kappa shape index (κ3) is 7.20. The Morgan fingerprint density at radius 2 is 1.49 bits per heavy atom. The van der Waals surface area contributed by atoms with Crippen molar-refractivity contribution < 1.29 is 29.1 Å². The monoisotopic (exact) mass is 796 g/mol. The maximum atomic E-state index is 14.3. The van der Waals surface area contributed by atoms with Crippen LogP contribution < -0.4 is 11.1 Å². The normalized spacial score (nSPS) is 19.0. The minimum Gasteiger partial charge on any atom is -0.477 e. The lowest BCUT2D eigenvalue weighted by atomic mass is 9.80. The van der Waals surface area contributed by atoms with Gasteiger partial charge in [0, 0.05) is 46.5 Å². The number of carboxylic acid groups (broad SMARTS) is 1. The van der Waals surface area contributed by atoms with E-state index >= 15 is 0 Å². The van der Waals surface area contributed by atoms with Gasteiger partial charge < -0.3 is 25.9 Å². The number of nitrogens with two attached hydrogens (primary N) is 1. The van der Waals surface area contributed by atoms with E-state index in [0.717, 1.165) is 33.6 Å². The van der Waals surface area contributed by atoms with Crippen LogP contribution in [0.5, 0.6) is 0 Å². The average molecular weight is 797 g/mol. The topological polar surface area (TPSA) is 168 Å². The minimum absolute atomic E-state index is 0.139. The van der Waals surface area contributed by atoms with Crippen LogP contribution in [0.15, 0.2) is 155 Å². The molecular weight excluding hydrogens is 761 g/mol. The quantitative estimate of drug-likeness (QED) is 0.0483. The van der Waals surface area contributed by atoms with Crippen molar-refractivity contribution in [3.8, 4) is 0 Å². The number of nitrogens with zero attached hydrogens (tertiary/aromatic N) is 4. The number of carboxylic acids is 1. The van der Waals surface area contributed by atoms with Gasteiger partial charge in [0.2, 0.25) is 11.5 Å².